The Kier molecular flexibility index (Phi) is 7.05. The minimum Gasteiger partial charge on any atom is -0.474 e. The number of hydrogen-bond donors (Lipinski definition) is 1. The lowest BCUT2D eigenvalue weighted by atomic mass is 9.84. The number of carbonyl (C=O) groups is 1. The van der Waals surface area contributed by atoms with Crippen LogP contribution in [0.5, 0.6) is 5.88 Å². The zero-order valence-corrected chi connectivity index (χ0v) is 19.0. The molecule has 1 aromatic heterocycles. The van der Waals surface area contributed by atoms with E-state index in [2.05, 4.69) is 24.6 Å². The van der Waals surface area contributed by atoms with Gasteiger partial charge in [0.2, 0.25) is 5.88 Å². The number of ether oxygens (including phenoxy) is 3. The molecule has 4 aliphatic rings. The van der Waals surface area contributed by atoms with Crippen molar-refractivity contribution in [2.45, 2.75) is 76.1 Å². The van der Waals surface area contributed by atoms with E-state index in [1.807, 2.05) is 17.2 Å². The number of fused-ring (bicyclic) bond motifs is 7. The van der Waals surface area contributed by atoms with Crippen molar-refractivity contribution >= 4 is 18.0 Å². The zero-order valence-electron chi connectivity index (χ0n) is 18.1. The molecule has 5 rings (SSSR count). The molecule has 166 valence electrons. The molecule has 0 spiro atoms. The number of aryl methyl sites for hydroxylation is 1. The van der Waals surface area contributed by atoms with Crippen molar-refractivity contribution < 1.29 is 19.0 Å². The van der Waals surface area contributed by atoms with Gasteiger partial charge < -0.3 is 14.2 Å². The van der Waals surface area contributed by atoms with Crippen LogP contribution < -0.4 is 9.46 Å². The smallest absolute Gasteiger partial charge is 0.410 e. The highest BCUT2D eigenvalue weighted by molar-refractivity contribution is 7.96. The number of carbonyl (C=O) groups excluding carboxylic acids is 1. The van der Waals surface area contributed by atoms with Crippen LogP contribution in [0.4, 0.5) is 4.79 Å². The highest BCUT2D eigenvalue weighted by Gasteiger charge is 2.43. The molecule has 0 aromatic carbocycles. The van der Waals surface area contributed by atoms with E-state index >= 15 is 0 Å². The number of hydrogen-bond acceptors (Lipinski definition) is 7. The maximum absolute atomic E-state index is 12.9. The average molecular weight is 436 g/mol. The Morgan fingerprint density at radius 3 is 2.70 bits per heavy atom. The van der Waals surface area contributed by atoms with Crippen molar-refractivity contribution in [2.75, 3.05) is 26.1 Å². The molecule has 3 aliphatic heterocycles. The van der Waals surface area contributed by atoms with Gasteiger partial charge in [-0.2, -0.15) is 0 Å². The summed E-state index contributed by atoms with van der Waals surface area (Å²) < 4.78 is 21.2. The molecular weight excluding hydrogens is 402 g/mol. The van der Waals surface area contributed by atoms with E-state index in [0.717, 1.165) is 43.4 Å². The third-order valence-corrected chi connectivity index (χ3v) is 7.03. The predicted molar refractivity (Wildman–Crippen MR) is 117 cm³/mol. The Morgan fingerprint density at radius 2 is 1.93 bits per heavy atom. The summed E-state index contributed by atoms with van der Waals surface area (Å²) in [5, 5.41) is 0. The topological polar surface area (TPSA) is 72.9 Å². The van der Waals surface area contributed by atoms with Crippen molar-refractivity contribution in [2.24, 2.45) is 0 Å². The normalized spacial score (nSPS) is 32.4. The van der Waals surface area contributed by atoms with Crippen LogP contribution in [0.3, 0.4) is 0 Å². The molecular formula is C22H33N3O4S. The van der Waals surface area contributed by atoms with Crippen molar-refractivity contribution in [3.05, 3.63) is 23.4 Å². The van der Waals surface area contributed by atoms with Gasteiger partial charge in [-0.1, -0.05) is 11.9 Å². The second-order valence-electron chi connectivity index (χ2n) is 8.67. The van der Waals surface area contributed by atoms with Gasteiger partial charge in [-0.05, 0) is 63.8 Å². The lowest BCUT2D eigenvalue weighted by Gasteiger charge is -2.33. The fraction of sp³-hybridized carbons (Fsp3) is 0.727. The number of amides is 1. The first-order valence-corrected chi connectivity index (χ1v) is 12.2. The van der Waals surface area contributed by atoms with E-state index in [-0.39, 0.29) is 36.9 Å². The van der Waals surface area contributed by atoms with Gasteiger partial charge in [0, 0.05) is 29.8 Å². The van der Waals surface area contributed by atoms with Gasteiger partial charge in [-0.3, -0.25) is 9.62 Å². The number of rotatable bonds is 2. The summed E-state index contributed by atoms with van der Waals surface area (Å²) >= 11 is 1.59. The molecule has 4 bridgehead atoms. The molecule has 3 atom stereocenters. The van der Waals surface area contributed by atoms with E-state index < -0.39 is 0 Å². The summed E-state index contributed by atoms with van der Waals surface area (Å²) in [6, 6.07) is 4.38. The first-order valence-electron chi connectivity index (χ1n) is 11.0. The quantitative estimate of drug-likeness (QED) is 0.711. The molecule has 3 unspecified atom stereocenters. The standard InChI is InChI=1S/C22H33N3O4S/c1-14-10-18-16-4-6-17(7-5-16)29-13-20-19(24-30-3)12-15(2)25(20)22(26)28-9-8-27-21(11-14)23-18/h10-11,15-17,19-20,24H,4-9,12-13H2,1-3H3. The van der Waals surface area contributed by atoms with Crippen LogP contribution in [0, 0.1) is 6.92 Å². The fourth-order valence-corrected chi connectivity index (χ4v) is 5.56. The molecule has 7 nitrogen and oxygen atoms in total. The predicted octanol–water partition coefficient (Wildman–Crippen LogP) is 3.66. The van der Waals surface area contributed by atoms with E-state index in [9.17, 15) is 4.79 Å². The molecule has 8 heteroatoms. The number of pyridine rings is 1. The Morgan fingerprint density at radius 1 is 1.17 bits per heavy atom. The molecule has 1 aromatic rings. The molecule has 2 fully saturated rings. The van der Waals surface area contributed by atoms with E-state index in [1.165, 1.54) is 0 Å². The van der Waals surface area contributed by atoms with Crippen LogP contribution in [0.1, 0.15) is 56.2 Å². The number of nitrogens with zero attached hydrogens (tertiary/aromatic N) is 2. The molecule has 0 radical (unpaired) electrons. The first kappa shape index (κ1) is 21.7. The van der Waals surface area contributed by atoms with Gasteiger partial charge in [0.1, 0.15) is 13.2 Å². The summed E-state index contributed by atoms with van der Waals surface area (Å²) in [5.74, 6) is 1.06. The van der Waals surface area contributed by atoms with E-state index in [1.54, 1.807) is 11.9 Å². The lowest BCUT2D eigenvalue weighted by molar-refractivity contribution is -0.0117. The number of aromatic nitrogens is 1. The van der Waals surface area contributed by atoms with Crippen molar-refractivity contribution in [3.8, 4) is 5.88 Å². The number of nitrogens with one attached hydrogen (secondary N) is 1. The van der Waals surface area contributed by atoms with E-state index in [4.69, 9.17) is 19.2 Å². The average Bonchev–Trinajstić information content (AvgIpc) is 3.04. The SMILES string of the molecule is CSNC1CC(C)N2C(=O)OCCOc3cc(C)cc(n3)C3CCC(CC3)OCC12. The van der Waals surface area contributed by atoms with Gasteiger partial charge in [-0.15, -0.1) is 0 Å². The van der Waals surface area contributed by atoms with Gasteiger partial charge in [0.15, 0.2) is 0 Å². The third kappa shape index (κ3) is 4.86. The van der Waals surface area contributed by atoms with Gasteiger partial charge in [-0.25, -0.2) is 9.78 Å². The molecule has 1 saturated heterocycles. The summed E-state index contributed by atoms with van der Waals surface area (Å²) in [4.78, 5) is 19.5. The van der Waals surface area contributed by atoms with Crippen molar-refractivity contribution in [1.29, 1.82) is 0 Å². The minimum atomic E-state index is -0.293. The molecule has 4 heterocycles. The molecule has 1 N–H and O–H groups in total. The van der Waals surface area contributed by atoms with Crippen LogP contribution >= 0.6 is 11.9 Å². The molecule has 1 saturated carbocycles. The Bertz CT molecular complexity index is 741. The van der Waals surface area contributed by atoms with Gasteiger partial charge >= 0.3 is 6.09 Å². The largest absolute Gasteiger partial charge is 0.474 e. The van der Waals surface area contributed by atoms with Crippen LogP contribution in [0.15, 0.2) is 12.1 Å². The van der Waals surface area contributed by atoms with Crippen LogP contribution in [-0.4, -0.2) is 66.3 Å². The highest BCUT2D eigenvalue weighted by atomic mass is 32.2. The van der Waals surface area contributed by atoms with Crippen LogP contribution in [0.25, 0.3) is 0 Å². The Labute approximate surface area is 183 Å². The zero-order chi connectivity index (χ0) is 21.1. The Hall–Kier alpha value is -1.51. The molecule has 1 aliphatic carbocycles. The van der Waals surface area contributed by atoms with Crippen molar-refractivity contribution in [1.82, 2.24) is 14.6 Å². The van der Waals surface area contributed by atoms with Crippen LogP contribution in [0.2, 0.25) is 0 Å². The summed E-state index contributed by atoms with van der Waals surface area (Å²) in [7, 11) is 0. The van der Waals surface area contributed by atoms with Gasteiger partial charge in [0.25, 0.3) is 0 Å². The highest BCUT2D eigenvalue weighted by Crippen LogP contribution is 2.35. The summed E-state index contributed by atoms with van der Waals surface area (Å²) in [6.45, 7) is 5.18. The molecule has 30 heavy (non-hydrogen) atoms. The maximum Gasteiger partial charge on any atom is 0.410 e. The fourth-order valence-electron chi connectivity index (χ4n) is 5.00. The second-order valence-corrected chi connectivity index (χ2v) is 9.31. The van der Waals surface area contributed by atoms with Crippen LogP contribution in [-0.2, 0) is 9.47 Å². The maximum atomic E-state index is 12.9. The summed E-state index contributed by atoms with van der Waals surface area (Å²) in [6.07, 6.45) is 7.03. The summed E-state index contributed by atoms with van der Waals surface area (Å²) in [5.41, 5.74) is 2.25. The third-order valence-electron chi connectivity index (χ3n) is 6.49. The first-order chi connectivity index (χ1) is 14.5. The van der Waals surface area contributed by atoms with Gasteiger partial charge in [0.05, 0.1) is 18.8 Å². The second kappa shape index (κ2) is 9.75. The lowest BCUT2D eigenvalue weighted by Crippen LogP contribution is -2.48. The minimum absolute atomic E-state index is 0.0245. The molecule has 1 amide bonds. The monoisotopic (exact) mass is 435 g/mol. The van der Waals surface area contributed by atoms with Crippen molar-refractivity contribution in [3.63, 3.8) is 0 Å². The van der Waals surface area contributed by atoms with E-state index in [0.29, 0.717) is 25.0 Å². The Balaban J connectivity index is 1.53.